The number of amides is 2. The highest BCUT2D eigenvalue weighted by Crippen LogP contribution is 2.65. The summed E-state index contributed by atoms with van der Waals surface area (Å²) in [7, 11) is 0. The van der Waals surface area contributed by atoms with Gasteiger partial charge in [-0.05, 0) is 55.0 Å². The summed E-state index contributed by atoms with van der Waals surface area (Å²) < 4.78 is 6.57. The molecule has 8 nitrogen and oxygen atoms in total. The van der Waals surface area contributed by atoms with Gasteiger partial charge >= 0.3 is 5.97 Å². The predicted molar refractivity (Wildman–Crippen MR) is 139 cm³/mol. The molecule has 3 heterocycles. The third kappa shape index (κ3) is 3.68. The summed E-state index contributed by atoms with van der Waals surface area (Å²) in [6.07, 6.45) is 3.04. The monoisotopic (exact) mass is 506 g/mol. The number of fused-ring (bicyclic) bond motifs is 2. The van der Waals surface area contributed by atoms with Crippen LogP contribution in [0.1, 0.15) is 33.1 Å². The predicted octanol–water partition coefficient (Wildman–Crippen LogP) is 3.23. The Bertz CT molecular complexity index is 1260. The Morgan fingerprint density at radius 2 is 1.95 bits per heavy atom. The molecule has 5 rings (SSSR count). The van der Waals surface area contributed by atoms with Crippen molar-refractivity contribution < 1.29 is 29.3 Å². The van der Waals surface area contributed by atoms with Gasteiger partial charge in [0, 0.05) is 25.4 Å². The van der Waals surface area contributed by atoms with Crippen molar-refractivity contribution in [1.82, 2.24) is 4.90 Å². The summed E-state index contributed by atoms with van der Waals surface area (Å²) in [6.45, 7) is 7.99. The number of benzene rings is 2. The summed E-state index contributed by atoms with van der Waals surface area (Å²) >= 11 is 0. The number of ether oxygens (including phenoxy) is 1. The van der Waals surface area contributed by atoms with Gasteiger partial charge < -0.3 is 24.7 Å². The number of anilines is 1. The van der Waals surface area contributed by atoms with Gasteiger partial charge in [-0.2, -0.15) is 0 Å². The Balaban J connectivity index is 1.60. The maximum Gasteiger partial charge on any atom is 0.310 e. The largest absolute Gasteiger partial charge is 0.481 e. The van der Waals surface area contributed by atoms with Crippen molar-refractivity contribution in [3.05, 3.63) is 55.1 Å². The van der Waals surface area contributed by atoms with Gasteiger partial charge in [0.15, 0.2) is 0 Å². The third-order valence-electron chi connectivity index (χ3n) is 8.74. The summed E-state index contributed by atoms with van der Waals surface area (Å²) in [5.74, 6) is -3.84. The second kappa shape index (κ2) is 9.26. The molecule has 2 amide bonds. The zero-order valence-corrected chi connectivity index (χ0v) is 21.3. The lowest BCUT2D eigenvalue weighted by atomic mass is 9.62. The van der Waals surface area contributed by atoms with Crippen LogP contribution in [-0.4, -0.2) is 69.8 Å². The van der Waals surface area contributed by atoms with Crippen molar-refractivity contribution in [2.75, 3.05) is 24.6 Å². The molecule has 0 aliphatic carbocycles. The Morgan fingerprint density at radius 3 is 2.62 bits per heavy atom. The molecule has 2 aromatic rings. The normalized spacial score (nSPS) is 32.1. The zero-order chi connectivity index (χ0) is 26.5. The molecule has 3 aliphatic rings. The SMILES string of the molecule is C=CCN(C(=O)C1N(CCCCO)C(=O)[C@@H]2[C@@H](C(=O)O)[C@]3(C)OC12CC3C)c1ccc2ccccc2c1. The van der Waals surface area contributed by atoms with Crippen molar-refractivity contribution in [3.63, 3.8) is 0 Å². The van der Waals surface area contributed by atoms with Crippen LogP contribution in [0.4, 0.5) is 5.69 Å². The van der Waals surface area contributed by atoms with E-state index in [1.165, 1.54) is 4.90 Å². The number of hydrogen-bond donors (Lipinski definition) is 2. The first-order valence-electron chi connectivity index (χ1n) is 12.9. The number of carbonyl (C=O) groups is 3. The van der Waals surface area contributed by atoms with Crippen molar-refractivity contribution in [3.8, 4) is 0 Å². The standard InChI is InChI=1S/C29H34N2O6/c1-4-13-30(21-12-11-19-9-5-6-10-20(19)16-21)26(34)24-29-17-18(2)28(3,37-29)23(27(35)36)22(29)25(33)31(24)14-7-8-15-32/h4-6,9-12,16,18,22-24,32H,1,7-8,13-15,17H2,2-3H3,(H,35,36)/t18?,22-,23-,24?,28+,29?/m0/s1. The third-order valence-corrected chi connectivity index (χ3v) is 8.74. The second-order valence-corrected chi connectivity index (χ2v) is 10.8. The first-order valence-corrected chi connectivity index (χ1v) is 12.9. The summed E-state index contributed by atoms with van der Waals surface area (Å²) in [4.78, 5) is 43.9. The van der Waals surface area contributed by atoms with E-state index in [0.717, 1.165) is 10.8 Å². The van der Waals surface area contributed by atoms with Crippen LogP contribution in [0.2, 0.25) is 0 Å². The van der Waals surface area contributed by atoms with Gasteiger partial charge in [0.05, 0.1) is 11.5 Å². The van der Waals surface area contributed by atoms with Crippen LogP contribution < -0.4 is 4.90 Å². The molecule has 0 aromatic heterocycles. The fraction of sp³-hybridized carbons (Fsp3) is 0.483. The van der Waals surface area contributed by atoms with E-state index in [1.807, 2.05) is 49.4 Å². The highest BCUT2D eigenvalue weighted by Gasteiger charge is 2.80. The molecule has 3 saturated heterocycles. The quantitative estimate of drug-likeness (QED) is 0.400. The molecule has 2 N–H and O–H groups in total. The fourth-order valence-corrected chi connectivity index (χ4v) is 6.97. The van der Waals surface area contributed by atoms with Gasteiger partial charge in [0.2, 0.25) is 5.91 Å². The minimum Gasteiger partial charge on any atom is -0.481 e. The minimum atomic E-state index is -1.22. The number of likely N-dealkylation sites (tertiary alicyclic amines) is 1. The van der Waals surface area contributed by atoms with E-state index in [4.69, 9.17) is 4.74 Å². The number of aliphatic hydroxyl groups is 1. The molecule has 37 heavy (non-hydrogen) atoms. The molecule has 0 saturated carbocycles. The first kappa shape index (κ1) is 25.4. The summed E-state index contributed by atoms with van der Waals surface area (Å²) in [6, 6.07) is 12.7. The summed E-state index contributed by atoms with van der Waals surface area (Å²) in [5.41, 5.74) is -1.58. The second-order valence-electron chi connectivity index (χ2n) is 10.8. The van der Waals surface area contributed by atoms with Crippen LogP contribution in [0.25, 0.3) is 10.8 Å². The van der Waals surface area contributed by atoms with Crippen molar-refractivity contribution >= 4 is 34.2 Å². The number of hydrogen-bond acceptors (Lipinski definition) is 5. The molecule has 3 unspecified atom stereocenters. The van der Waals surface area contributed by atoms with Crippen LogP contribution in [0.5, 0.6) is 0 Å². The maximum atomic E-state index is 14.5. The van der Waals surface area contributed by atoms with Crippen molar-refractivity contribution in [2.24, 2.45) is 17.8 Å². The summed E-state index contributed by atoms with van der Waals surface area (Å²) in [5, 5.41) is 21.5. The molecule has 3 fully saturated rings. The molecule has 196 valence electrons. The lowest BCUT2D eigenvalue weighted by Gasteiger charge is -2.37. The van der Waals surface area contributed by atoms with Crippen LogP contribution in [0, 0.1) is 17.8 Å². The lowest BCUT2D eigenvalue weighted by Crippen LogP contribution is -2.57. The number of carboxylic acid groups (broad SMARTS) is 1. The van der Waals surface area contributed by atoms with Gasteiger partial charge in [0.25, 0.3) is 5.91 Å². The Morgan fingerprint density at radius 1 is 1.22 bits per heavy atom. The number of aliphatic hydroxyl groups excluding tert-OH is 1. The Labute approximate surface area is 216 Å². The van der Waals surface area contributed by atoms with E-state index in [-0.39, 0.29) is 37.4 Å². The molecular formula is C29H34N2O6. The van der Waals surface area contributed by atoms with Gasteiger partial charge in [-0.25, -0.2) is 0 Å². The first-order chi connectivity index (χ1) is 17.7. The van der Waals surface area contributed by atoms with E-state index >= 15 is 0 Å². The molecule has 2 aromatic carbocycles. The molecule has 1 spiro atoms. The smallest absolute Gasteiger partial charge is 0.310 e. The Kier molecular flexibility index (Phi) is 6.36. The van der Waals surface area contributed by atoms with E-state index in [9.17, 15) is 24.6 Å². The zero-order valence-electron chi connectivity index (χ0n) is 21.3. The lowest BCUT2D eigenvalue weighted by molar-refractivity contribution is -0.156. The molecule has 8 heteroatoms. The highest BCUT2D eigenvalue weighted by molar-refractivity contribution is 6.05. The average Bonchev–Trinajstić information content (AvgIpc) is 3.39. The van der Waals surface area contributed by atoms with E-state index in [2.05, 4.69) is 6.58 Å². The van der Waals surface area contributed by atoms with Crippen LogP contribution in [-0.2, 0) is 19.1 Å². The topological polar surface area (TPSA) is 107 Å². The molecule has 2 bridgehead atoms. The number of rotatable bonds is 9. The number of aliphatic carboxylic acids is 1. The number of unbranched alkanes of at least 4 members (excludes halogenated alkanes) is 1. The van der Waals surface area contributed by atoms with E-state index in [0.29, 0.717) is 24.9 Å². The molecule has 3 aliphatic heterocycles. The number of carbonyl (C=O) groups excluding carboxylic acids is 2. The number of nitrogens with zero attached hydrogens (tertiary/aromatic N) is 2. The van der Waals surface area contributed by atoms with Crippen molar-refractivity contribution in [2.45, 2.75) is 50.4 Å². The molecule has 6 atom stereocenters. The average molecular weight is 507 g/mol. The van der Waals surface area contributed by atoms with Gasteiger partial charge in [-0.1, -0.05) is 43.3 Å². The molecular weight excluding hydrogens is 472 g/mol. The van der Waals surface area contributed by atoms with Crippen LogP contribution in [0.15, 0.2) is 55.1 Å². The van der Waals surface area contributed by atoms with Crippen LogP contribution in [0.3, 0.4) is 0 Å². The van der Waals surface area contributed by atoms with E-state index < -0.39 is 35.0 Å². The number of carboxylic acids is 1. The molecule has 0 radical (unpaired) electrons. The fourth-order valence-electron chi connectivity index (χ4n) is 6.97. The minimum absolute atomic E-state index is 0.0295. The Hall–Kier alpha value is -3.23. The van der Waals surface area contributed by atoms with Crippen LogP contribution >= 0.6 is 0 Å². The van der Waals surface area contributed by atoms with Gasteiger partial charge in [0.1, 0.15) is 17.6 Å². The van der Waals surface area contributed by atoms with Crippen molar-refractivity contribution in [1.29, 1.82) is 0 Å². The maximum absolute atomic E-state index is 14.5. The van der Waals surface area contributed by atoms with Gasteiger partial charge in [-0.15, -0.1) is 6.58 Å². The highest BCUT2D eigenvalue weighted by atomic mass is 16.5. The van der Waals surface area contributed by atoms with E-state index in [1.54, 1.807) is 17.9 Å². The van der Waals surface area contributed by atoms with Gasteiger partial charge in [-0.3, -0.25) is 14.4 Å².